The Balaban J connectivity index is 1.36. The average Bonchev–Trinajstić information content (AvgIpc) is 3.41. The van der Waals surface area contributed by atoms with Crippen LogP contribution in [0.25, 0.3) is 0 Å². The third kappa shape index (κ3) is 3.78. The number of nitrogens with zero attached hydrogens (tertiary/aromatic N) is 2. The first kappa shape index (κ1) is 19.7. The first-order valence-corrected chi connectivity index (χ1v) is 10.4. The van der Waals surface area contributed by atoms with Crippen molar-refractivity contribution in [1.29, 1.82) is 0 Å². The van der Waals surface area contributed by atoms with Gasteiger partial charge in [-0.1, -0.05) is 11.6 Å². The molecule has 1 aromatic rings. The fourth-order valence-electron chi connectivity index (χ4n) is 4.25. The van der Waals surface area contributed by atoms with Crippen LogP contribution >= 0.6 is 11.6 Å². The summed E-state index contributed by atoms with van der Waals surface area (Å²) in [7, 11) is 0. The van der Waals surface area contributed by atoms with E-state index in [2.05, 4.69) is 10.2 Å². The molecule has 1 saturated heterocycles. The number of ether oxygens (including phenoxy) is 1. The fourth-order valence-corrected chi connectivity index (χ4v) is 4.42. The predicted octanol–water partition coefficient (Wildman–Crippen LogP) is 2.19. The van der Waals surface area contributed by atoms with Gasteiger partial charge in [0.2, 0.25) is 11.8 Å². The summed E-state index contributed by atoms with van der Waals surface area (Å²) in [5.74, 6) is -0.172. The molecule has 0 unspecified atom stereocenters. The van der Waals surface area contributed by atoms with Gasteiger partial charge in [0.25, 0.3) is 0 Å². The summed E-state index contributed by atoms with van der Waals surface area (Å²) in [5, 5.41) is 3.68. The molecule has 2 amide bonds. The van der Waals surface area contributed by atoms with Gasteiger partial charge in [-0.15, -0.1) is 0 Å². The van der Waals surface area contributed by atoms with Crippen LogP contribution in [0.15, 0.2) is 18.2 Å². The van der Waals surface area contributed by atoms with E-state index in [1.54, 1.807) is 11.0 Å². The number of carbonyl (C=O) groups is 2. The number of carbonyl (C=O) groups excluding carboxylic acids is 2. The largest absolute Gasteiger partial charge is 0.379 e. The number of fused-ring (bicyclic) bond motifs is 1. The number of hydrogen-bond donors (Lipinski definition) is 1. The average molecular weight is 406 g/mol. The van der Waals surface area contributed by atoms with E-state index in [4.69, 9.17) is 16.3 Å². The van der Waals surface area contributed by atoms with Gasteiger partial charge < -0.3 is 15.0 Å². The molecule has 1 aliphatic carbocycles. The van der Waals surface area contributed by atoms with Crippen molar-refractivity contribution in [3.63, 3.8) is 0 Å². The molecule has 6 nitrogen and oxygen atoms in total. The third-order valence-corrected chi connectivity index (χ3v) is 6.52. The van der Waals surface area contributed by atoms with Gasteiger partial charge >= 0.3 is 0 Å². The van der Waals surface area contributed by atoms with Crippen molar-refractivity contribution in [2.24, 2.45) is 5.41 Å². The topological polar surface area (TPSA) is 61.9 Å². The SMILES string of the molecule is CC1(C)C(=O)N(CC(=O)NCC2(CN3CCOCC3)CC2)c2ccc(Cl)cc21. The molecule has 0 atom stereocenters. The highest BCUT2D eigenvalue weighted by Crippen LogP contribution is 2.46. The normalized spacial score (nSPS) is 22.8. The van der Waals surface area contributed by atoms with Crippen molar-refractivity contribution < 1.29 is 14.3 Å². The molecule has 4 rings (SSSR count). The molecule has 2 heterocycles. The van der Waals surface area contributed by atoms with Crippen molar-refractivity contribution in [2.45, 2.75) is 32.1 Å². The van der Waals surface area contributed by atoms with Crippen LogP contribution in [0.3, 0.4) is 0 Å². The van der Waals surface area contributed by atoms with Crippen LogP contribution in [-0.2, 0) is 19.7 Å². The molecule has 28 heavy (non-hydrogen) atoms. The zero-order chi connectivity index (χ0) is 19.9. The summed E-state index contributed by atoms with van der Waals surface area (Å²) < 4.78 is 5.41. The Labute approximate surface area is 171 Å². The van der Waals surface area contributed by atoms with E-state index < -0.39 is 5.41 Å². The summed E-state index contributed by atoms with van der Waals surface area (Å²) >= 11 is 6.12. The number of amides is 2. The second kappa shape index (κ2) is 7.32. The van der Waals surface area contributed by atoms with Crippen LogP contribution in [0.5, 0.6) is 0 Å². The van der Waals surface area contributed by atoms with Crippen LogP contribution in [0, 0.1) is 5.41 Å². The smallest absolute Gasteiger partial charge is 0.240 e. The van der Waals surface area contributed by atoms with Crippen molar-refractivity contribution in [3.05, 3.63) is 28.8 Å². The maximum atomic E-state index is 12.9. The minimum atomic E-state index is -0.672. The summed E-state index contributed by atoms with van der Waals surface area (Å²) in [6, 6.07) is 5.42. The number of hydrogen-bond acceptors (Lipinski definition) is 4. The van der Waals surface area contributed by atoms with Crippen LogP contribution in [-0.4, -0.2) is 62.7 Å². The molecule has 1 aromatic carbocycles. The Morgan fingerprint density at radius 2 is 1.96 bits per heavy atom. The van der Waals surface area contributed by atoms with Crippen molar-refractivity contribution in [1.82, 2.24) is 10.2 Å². The summed E-state index contributed by atoms with van der Waals surface area (Å²) in [5.41, 5.74) is 1.18. The van der Waals surface area contributed by atoms with Crippen molar-refractivity contribution >= 4 is 29.1 Å². The van der Waals surface area contributed by atoms with Gasteiger partial charge in [-0.25, -0.2) is 0 Å². The highest BCUT2D eigenvalue weighted by atomic mass is 35.5. The number of anilines is 1. The van der Waals surface area contributed by atoms with E-state index in [-0.39, 0.29) is 23.8 Å². The number of halogens is 1. The van der Waals surface area contributed by atoms with E-state index in [0.717, 1.165) is 56.9 Å². The van der Waals surface area contributed by atoms with Crippen LogP contribution in [0.2, 0.25) is 5.02 Å². The van der Waals surface area contributed by atoms with Gasteiger partial charge in [0, 0.05) is 42.3 Å². The Morgan fingerprint density at radius 3 is 2.64 bits per heavy atom. The van der Waals surface area contributed by atoms with E-state index in [0.29, 0.717) is 11.6 Å². The highest BCUT2D eigenvalue weighted by Gasteiger charge is 2.46. The van der Waals surface area contributed by atoms with E-state index in [1.807, 2.05) is 26.0 Å². The fraction of sp³-hybridized carbons (Fsp3) is 0.619. The van der Waals surface area contributed by atoms with Crippen molar-refractivity contribution in [3.8, 4) is 0 Å². The number of morpholine rings is 1. The standard InChI is InChI=1S/C21H28ClN3O3/c1-20(2)16-11-15(22)3-4-17(16)25(19(20)27)12-18(26)23-13-21(5-6-21)14-24-7-9-28-10-8-24/h3-4,11H,5-10,12-14H2,1-2H3,(H,23,26). The van der Waals surface area contributed by atoms with Gasteiger partial charge in [0.15, 0.2) is 0 Å². The molecule has 7 heteroatoms. The lowest BCUT2D eigenvalue weighted by atomic mass is 9.86. The Bertz CT molecular complexity index is 785. The monoisotopic (exact) mass is 405 g/mol. The van der Waals surface area contributed by atoms with Gasteiger partial charge in [-0.2, -0.15) is 0 Å². The quantitative estimate of drug-likeness (QED) is 0.788. The molecule has 1 N–H and O–H groups in total. The second-order valence-corrected chi connectivity index (χ2v) is 9.28. The third-order valence-electron chi connectivity index (χ3n) is 6.28. The maximum absolute atomic E-state index is 12.9. The zero-order valence-corrected chi connectivity index (χ0v) is 17.3. The maximum Gasteiger partial charge on any atom is 0.240 e. The van der Waals surface area contributed by atoms with Crippen molar-refractivity contribution in [2.75, 3.05) is 50.8 Å². The van der Waals surface area contributed by atoms with Crippen LogP contribution in [0.4, 0.5) is 5.69 Å². The summed E-state index contributed by atoms with van der Waals surface area (Å²) in [4.78, 5) is 29.5. The Hall–Kier alpha value is -1.63. The lowest BCUT2D eigenvalue weighted by molar-refractivity contribution is -0.125. The molecule has 1 saturated carbocycles. The van der Waals surface area contributed by atoms with Gasteiger partial charge in [-0.05, 0) is 50.5 Å². The number of benzene rings is 1. The lowest BCUT2D eigenvalue weighted by Crippen LogP contribution is -2.46. The molecule has 0 radical (unpaired) electrons. The minimum absolute atomic E-state index is 0.0462. The number of rotatable bonds is 6. The van der Waals surface area contributed by atoms with E-state index >= 15 is 0 Å². The van der Waals surface area contributed by atoms with Crippen LogP contribution < -0.4 is 10.2 Å². The molecule has 0 aromatic heterocycles. The first-order chi connectivity index (χ1) is 13.3. The van der Waals surface area contributed by atoms with E-state index in [9.17, 15) is 9.59 Å². The molecule has 0 spiro atoms. The molecule has 152 valence electrons. The van der Waals surface area contributed by atoms with Gasteiger partial charge in [-0.3, -0.25) is 14.5 Å². The molecule has 2 aliphatic heterocycles. The van der Waals surface area contributed by atoms with E-state index in [1.165, 1.54) is 0 Å². The summed E-state index contributed by atoms with van der Waals surface area (Å²) in [6.07, 6.45) is 2.28. The first-order valence-electron chi connectivity index (χ1n) is 10.00. The Kier molecular flexibility index (Phi) is 5.14. The Morgan fingerprint density at radius 1 is 1.25 bits per heavy atom. The number of nitrogens with one attached hydrogen (secondary N) is 1. The van der Waals surface area contributed by atoms with Gasteiger partial charge in [0.1, 0.15) is 6.54 Å². The highest BCUT2D eigenvalue weighted by molar-refractivity contribution is 6.31. The molecule has 0 bridgehead atoms. The zero-order valence-electron chi connectivity index (χ0n) is 16.6. The predicted molar refractivity (Wildman–Crippen MR) is 109 cm³/mol. The molecule has 2 fully saturated rings. The van der Waals surface area contributed by atoms with Crippen LogP contribution in [0.1, 0.15) is 32.3 Å². The molecular weight excluding hydrogens is 378 g/mol. The minimum Gasteiger partial charge on any atom is -0.379 e. The summed E-state index contributed by atoms with van der Waals surface area (Å²) in [6.45, 7) is 8.99. The molecule has 3 aliphatic rings. The molecular formula is C21H28ClN3O3. The second-order valence-electron chi connectivity index (χ2n) is 8.84. The lowest BCUT2D eigenvalue weighted by Gasteiger charge is -2.30. The van der Waals surface area contributed by atoms with Gasteiger partial charge in [0.05, 0.1) is 18.6 Å².